The molecule has 0 radical (unpaired) electrons. The van der Waals surface area contributed by atoms with Crippen molar-refractivity contribution in [2.24, 2.45) is 0 Å². The van der Waals surface area contributed by atoms with Crippen molar-refractivity contribution >= 4 is 16.8 Å². The number of rotatable bonds is 1. The molecular weight excluding hydrogens is 248 g/mol. The van der Waals surface area contributed by atoms with Crippen LogP contribution in [0.4, 0.5) is 0 Å². The largest absolute Gasteiger partial charge is 0.357 e. The van der Waals surface area contributed by atoms with Gasteiger partial charge in [-0.25, -0.2) is 0 Å². The van der Waals surface area contributed by atoms with Crippen molar-refractivity contribution in [1.82, 2.24) is 9.88 Å². The molecule has 1 fully saturated rings. The van der Waals surface area contributed by atoms with E-state index in [9.17, 15) is 4.79 Å². The first-order chi connectivity index (χ1) is 9.84. The maximum absolute atomic E-state index is 12.7. The molecule has 3 heteroatoms. The Balaban J connectivity index is 1.76. The SMILES string of the molecule is O=C([C@H]1CCCc2c1[nH]c1ccccc21)N1CCCC1. The quantitative estimate of drug-likeness (QED) is 0.847. The van der Waals surface area contributed by atoms with E-state index in [4.69, 9.17) is 0 Å². The molecule has 4 rings (SSSR count). The van der Waals surface area contributed by atoms with E-state index in [1.807, 2.05) is 0 Å². The van der Waals surface area contributed by atoms with Gasteiger partial charge in [-0.1, -0.05) is 18.2 Å². The van der Waals surface area contributed by atoms with Crippen LogP contribution < -0.4 is 0 Å². The number of nitrogens with one attached hydrogen (secondary N) is 1. The Kier molecular flexibility index (Phi) is 2.79. The number of likely N-dealkylation sites (tertiary alicyclic amines) is 1. The number of amides is 1. The van der Waals surface area contributed by atoms with E-state index in [1.165, 1.54) is 22.2 Å². The molecule has 2 aliphatic rings. The Morgan fingerprint density at radius 1 is 1.15 bits per heavy atom. The average molecular weight is 268 g/mol. The number of fused-ring (bicyclic) bond motifs is 3. The molecular formula is C17H20N2O. The van der Waals surface area contributed by atoms with Crippen LogP contribution in [0.15, 0.2) is 24.3 Å². The van der Waals surface area contributed by atoms with Gasteiger partial charge in [-0.2, -0.15) is 0 Å². The summed E-state index contributed by atoms with van der Waals surface area (Å²) >= 11 is 0. The lowest BCUT2D eigenvalue weighted by molar-refractivity contribution is -0.132. The number of carbonyl (C=O) groups is 1. The van der Waals surface area contributed by atoms with Crippen LogP contribution in [0, 0.1) is 0 Å². The van der Waals surface area contributed by atoms with Crippen LogP contribution in [-0.2, 0) is 11.2 Å². The molecule has 1 saturated heterocycles. The smallest absolute Gasteiger partial charge is 0.231 e. The van der Waals surface area contributed by atoms with Gasteiger partial charge in [-0.05, 0) is 43.7 Å². The minimum absolute atomic E-state index is 0.0595. The van der Waals surface area contributed by atoms with Crippen LogP contribution in [0.3, 0.4) is 0 Å². The number of benzene rings is 1. The Morgan fingerprint density at radius 2 is 1.95 bits per heavy atom. The predicted molar refractivity (Wildman–Crippen MR) is 79.8 cm³/mol. The first-order valence-corrected chi connectivity index (χ1v) is 7.73. The Labute approximate surface area is 119 Å². The Hall–Kier alpha value is -1.77. The van der Waals surface area contributed by atoms with Crippen molar-refractivity contribution in [3.8, 4) is 0 Å². The maximum Gasteiger partial charge on any atom is 0.231 e. The molecule has 104 valence electrons. The van der Waals surface area contributed by atoms with E-state index in [0.29, 0.717) is 5.91 Å². The monoisotopic (exact) mass is 268 g/mol. The minimum atomic E-state index is 0.0595. The number of aromatic amines is 1. The maximum atomic E-state index is 12.7. The number of H-pyrrole nitrogens is 1. The third-order valence-corrected chi connectivity index (χ3v) is 4.83. The summed E-state index contributed by atoms with van der Waals surface area (Å²) in [6.07, 6.45) is 5.55. The zero-order chi connectivity index (χ0) is 13.5. The summed E-state index contributed by atoms with van der Waals surface area (Å²) in [6.45, 7) is 1.90. The first-order valence-electron chi connectivity index (χ1n) is 7.73. The fraction of sp³-hybridized carbons (Fsp3) is 0.471. The highest BCUT2D eigenvalue weighted by Gasteiger charge is 2.33. The molecule has 1 amide bonds. The average Bonchev–Trinajstić information content (AvgIpc) is 3.13. The van der Waals surface area contributed by atoms with Gasteiger partial charge >= 0.3 is 0 Å². The zero-order valence-electron chi connectivity index (χ0n) is 11.7. The zero-order valence-corrected chi connectivity index (χ0v) is 11.7. The van der Waals surface area contributed by atoms with Crippen molar-refractivity contribution in [1.29, 1.82) is 0 Å². The fourth-order valence-corrected chi connectivity index (χ4v) is 3.82. The van der Waals surface area contributed by atoms with Crippen molar-refractivity contribution in [2.45, 2.75) is 38.0 Å². The molecule has 0 spiro atoms. The number of aromatic nitrogens is 1. The topological polar surface area (TPSA) is 36.1 Å². The number of nitrogens with zero attached hydrogens (tertiary/aromatic N) is 1. The summed E-state index contributed by atoms with van der Waals surface area (Å²) in [5.74, 6) is 0.402. The normalized spacial score (nSPS) is 22.2. The fourth-order valence-electron chi connectivity index (χ4n) is 3.82. The molecule has 0 bridgehead atoms. The summed E-state index contributed by atoms with van der Waals surface area (Å²) in [6, 6.07) is 8.43. The Bertz CT molecular complexity index is 652. The number of aryl methyl sites for hydroxylation is 1. The van der Waals surface area contributed by atoms with Crippen LogP contribution in [0.1, 0.15) is 42.9 Å². The van der Waals surface area contributed by atoms with Crippen LogP contribution in [-0.4, -0.2) is 28.9 Å². The van der Waals surface area contributed by atoms with Crippen molar-refractivity contribution < 1.29 is 4.79 Å². The van der Waals surface area contributed by atoms with E-state index in [-0.39, 0.29) is 5.92 Å². The summed E-state index contributed by atoms with van der Waals surface area (Å²) in [5, 5.41) is 1.31. The van der Waals surface area contributed by atoms with Gasteiger partial charge in [0.25, 0.3) is 0 Å². The molecule has 0 unspecified atom stereocenters. The van der Waals surface area contributed by atoms with E-state index >= 15 is 0 Å². The highest BCUT2D eigenvalue weighted by molar-refractivity contribution is 5.90. The summed E-state index contributed by atoms with van der Waals surface area (Å²) < 4.78 is 0. The second-order valence-corrected chi connectivity index (χ2v) is 6.04. The van der Waals surface area contributed by atoms with Gasteiger partial charge in [0.1, 0.15) is 0 Å². The molecule has 2 heterocycles. The molecule has 1 aliphatic heterocycles. The molecule has 1 N–H and O–H groups in total. The van der Waals surface area contributed by atoms with Gasteiger partial charge in [0.05, 0.1) is 5.92 Å². The molecule has 1 aromatic heterocycles. The van der Waals surface area contributed by atoms with Crippen molar-refractivity contribution in [3.63, 3.8) is 0 Å². The van der Waals surface area contributed by atoms with Crippen molar-refractivity contribution in [2.75, 3.05) is 13.1 Å². The lowest BCUT2D eigenvalue weighted by Crippen LogP contribution is -2.34. The van der Waals surface area contributed by atoms with Gasteiger partial charge in [0.15, 0.2) is 0 Å². The highest BCUT2D eigenvalue weighted by Crippen LogP contribution is 2.37. The highest BCUT2D eigenvalue weighted by atomic mass is 16.2. The molecule has 3 nitrogen and oxygen atoms in total. The second kappa shape index (κ2) is 4.65. The van der Waals surface area contributed by atoms with E-state index in [2.05, 4.69) is 34.1 Å². The van der Waals surface area contributed by atoms with Gasteiger partial charge in [0.2, 0.25) is 5.91 Å². The summed E-state index contributed by atoms with van der Waals surface area (Å²) in [7, 11) is 0. The van der Waals surface area contributed by atoms with Gasteiger partial charge in [0, 0.05) is 29.7 Å². The van der Waals surface area contributed by atoms with E-state index in [0.717, 1.165) is 45.2 Å². The lowest BCUT2D eigenvalue weighted by Gasteiger charge is -2.26. The number of para-hydroxylation sites is 1. The van der Waals surface area contributed by atoms with Crippen LogP contribution in [0.25, 0.3) is 10.9 Å². The lowest BCUT2D eigenvalue weighted by atomic mass is 9.86. The number of hydrogen-bond donors (Lipinski definition) is 1. The minimum Gasteiger partial charge on any atom is -0.357 e. The van der Waals surface area contributed by atoms with Crippen LogP contribution in [0.5, 0.6) is 0 Å². The third-order valence-electron chi connectivity index (χ3n) is 4.83. The van der Waals surface area contributed by atoms with Crippen LogP contribution in [0.2, 0.25) is 0 Å². The number of hydrogen-bond acceptors (Lipinski definition) is 1. The molecule has 1 aliphatic carbocycles. The molecule has 1 aromatic carbocycles. The van der Waals surface area contributed by atoms with Crippen molar-refractivity contribution in [3.05, 3.63) is 35.5 Å². The summed E-state index contributed by atoms with van der Waals surface area (Å²) in [4.78, 5) is 18.3. The predicted octanol–water partition coefficient (Wildman–Crippen LogP) is 3.21. The third kappa shape index (κ3) is 1.76. The van der Waals surface area contributed by atoms with Gasteiger partial charge in [-0.3, -0.25) is 4.79 Å². The Morgan fingerprint density at radius 3 is 2.80 bits per heavy atom. The van der Waals surface area contributed by atoms with E-state index in [1.54, 1.807) is 0 Å². The molecule has 2 aromatic rings. The standard InChI is InChI=1S/C17H20N2O/c20-17(19-10-3-4-11-19)14-8-5-7-13-12-6-1-2-9-15(12)18-16(13)14/h1-2,6,9,14,18H,3-5,7-8,10-11H2/t14-/m0/s1. The second-order valence-electron chi connectivity index (χ2n) is 6.04. The van der Waals surface area contributed by atoms with Gasteiger partial charge < -0.3 is 9.88 Å². The molecule has 20 heavy (non-hydrogen) atoms. The van der Waals surface area contributed by atoms with Crippen LogP contribution >= 0.6 is 0 Å². The first kappa shape index (κ1) is 12.0. The van der Waals surface area contributed by atoms with Gasteiger partial charge in [-0.15, -0.1) is 0 Å². The number of carbonyl (C=O) groups excluding carboxylic acids is 1. The molecule has 0 saturated carbocycles. The van der Waals surface area contributed by atoms with E-state index < -0.39 is 0 Å². The molecule has 1 atom stereocenters. The summed E-state index contributed by atoms with van der Waals surface area (Å²) in [5.41, 5.74) is 3.75.